The highest BCUT2D eigenvalue weighted by atomic mass is 35.5. The molecule has 1 heteroatoms. The van der Waals surface area contributed by atoms with E-state index >= 15 is 0 Å². The minimum Gasteiger partial charge on any atom is -0.115 e. The van der Waals surface area contributed by atoms with Gasteiger partial charge in [-0.2, -0.15) is 0 Å². The van der Waals surface area contributed by atoms with Gasteiger partial charge in [0.15, 0.2) is 0 Å². The molecule has 0 atom stereocenters. The zero-order chi connectivity index (χ0) is 17.7. The molecular weight excluding hydrogens is 312 g/mol. The molecule has 24 heavy (non-hydrogen) atoms. The Labute approximate surface area is 156 Å². The number of rotatable bonds is 14. The van der Waals surface area contributed by atoms with Crippen LogP contribution in [0.3, 0.4) is 0 Å². The summed E-state index contributed by atoms with van der Waals surface area (Å²) in [5.41, 5.74) is 2.67. The van der Waals surface area contributed by atoms with Crippen LogP contribution in [0, 0.1) is 0 Å². The van der Waals surface area contributed by atoms with Gasteiger partial charge in [-0.3, -0.25) is 0 Å². The molecule has 138 valence electrons. The molecule has 1 aromatic rings. The molecule has 0 nitrogen and oxygen atoms in total. The minimum absolute atomic E-state index is 0.257. The second-order valence-electron chi connectivity index (χ2n) is 7.81. The van der Waals surface area contributed by atoms with Gasteiger partial charge in [0, 0.05) is 0 Å². The van der Waals surface area contributed by atoms with Crippen molar-refractivity contribution in [2.45, 2.75) is 109 Å². The first-order valence-corrected chi connectivity index (χ1v) is 10.7. The van der Waals surface area contributed by atoms with E-state index in [2.05, 4.69) is 45.0 Å². The molecule has 0 N–H and O–H groups in total. The van der Waals surface area contributed by atoms with E-state index in [1.165, 1.54) is 94.6 Å². The second-order valence-corrected chi connectivity index (χ2v) is 8.76. The lowest BCUT2D eigenvalue weighted by molar-refractivity contribution is 0.544. The monoisotopic (exact) mass is 350 g/mol. The minimum atomic E-state index is -0.257. The van der Waals surface area contributed by atoms with Crippen LogP contribution in [0.2, 0.25) is 0 Å². The van der Waals surface area contributed by atoms with Crippen LogP contribution in [-0.4, -0.2) is 0 Å². The number of hydrogen-bond acceptors (Lipinski definition) is 0. The van der Waals surface area contributed by atoms with Crippen molar-refractivity contribution in [1.82, 2.24) is 0 Å². The van der Waals surface area contributed by atoms with Crippen molar-refractivity contribution in [2.75, 3.05) is 0 Å². The van der Waals surface area contributed by atoms with Gasteiger partial charge >= 0.3 is 0 Å². The Morgan fingerprint density at radius 3 is 1.75 bits per heavy atom. The average molecular weight is 351 g/mol. The maximum absolute atomic E-state index is 6.41. The summed E-state index contributed by atoms with van der Waals surface area (Å²) in [5, 5.41) is 0. The van der Waals surface area contributed by atoms with E-state index in [4.69, 9.17) is 11.6 Å². The molecule has 1 aromatic carbocycles. The largest absolute Gasteiger partial charge is 0.115 e. The summed E-state index contributed by atoms with van der Waals surface area (Å²) in [6, 6.07) is 8.81. The van der Waals surface area contributed by atoms with E-state index in [0.29, 0.717) is 0 Å². The number of alkyl halides is 1. The Kier molecular flexibility index (Phi) is 11.5. The number of aryl methyl sites for hydroxylation is 1. The van der Waals surface area contributed by atoms with E-state index in [-0.39, 0.29) is 4.87 Å². The molecule has 0 spiro atoms. The van der Waals surface area contributed by atoms with E-state index in [1.54, 1.807) is 0 Å². The van der Waals surface area contributed by atoms with Gasteiger partial charge in [-0.15, -0.1) is 11.6 Å². The van der Waals surface area contributed by atoms with Crippen LogP contribution in [0.1, 0.15) is 109 Å². The van der Waals surface area contributed by atoms with Crippen LogP contribution >= 0.6 is 11.6 Å². The summed E-state index contributed by atoms with van der Waals surface area (Å²) in [5.74, 6) is 0. The molecule has 1 rings (SSSR count). The van der Waals surface area contributed by atoms with Crippen LogP contribution in [0.4, 0.5) is 0 Å². The van der Waals surface area contributed by atoms with Crippen molar-refractivity contribution in [3.63, 3.8) is 0 Å². The smallest absolute Gasteiger partial charge is 0.0638 e. The van der Waals surface area contributed by atoms with Crippen molar-refractivity contribution in [2.24, 2.45) is 0 Å². The molecule has 0 radical (unpaired) electrons. The van der Waals surface area contributed by atoms with Crippen LogP contribution in [0.25, 0.3) is 0 Å². The van der Waals surface area contributed by atoms with Gasteiger partial charge in [-0.25, -0.2) is 0 Å². The van der Waals surface area contributed by atoms with Gasteiger partial charge in [0.25, 0.3) is 0 Å². The fourth-order valence-corrected chi connectivity index (χ4v) is 3.38. The van der Waals surface area contributed by atoms with Gasteiger partial charge in [-0.05, 0) is 37.8 Å². The third kappa shape index (κ3) is 10.4. The topological polar surface area (TPSA) is 0 Å². The van der Waals surface area contributed by atoms with E-state index in [9.17, 15) is 0 Å². The van der Waals surface area contributed by atoms with Crippen molar-refractivity contribution in [3.05, 3.63) is 35.4 Å². The van der Waals surface area contributed by atoms with Gasteiger partial charge in [-0.1, -0.05) is 102 Å². The summed E-state index contributed by atoms with van der Waals surface area (Å²) in [4.78, 5) is -0.257. The van der Waals surface area contributed by atoms with Crippen LogP contribution in [0.5, 0.6) is 0 Å². The predicted molar refractivity (Wildman–Crippen MR) is 110 cm³/mol. The quantitative estimate of drug-likeness (QED) is 0.233. The Balaban J connectivity index is 1.99. The van der Waals surface area contributed by atoms with Crippen molar-refractivity contribution >= 4 is 11.6 Å². The summed E-state index contributed by atoms with van der Waals surface area (Å²) < 4.78 is 0. The number of unbranched alkanes of at least 4 members (excludes halogenated alkanes) is 11. The average Bonchev–Trinajstić information content (AvgIpc) is 2.55. The first kappa shape index (κ1) is 21.6. The molecule has 0 heterocycles. The zero-order valence-electron chi connectivity index (χ0n) is 16.4. The summed E-state index contributed by atoms with van der Waals surface area (Å²) >= 11 is 6.41. The molecule has 0 bridgehead atoms. The highest BCUT2D eigenvalue weighted by Crippen LogP contribution is 2.28. The van der Waals surface area contributed by atoms with Crippen molar-refractivity contribution < 1.29 is 0 Å². The van der Waals surface area contributed by atoms with Crippen LogP contribution in [-0.2, 0) is 11.3 Å². The zero-order valence-corrected chi connectivity index (χ0v) is 17.1. The SMILES string of the molecule is CCCCCCCCCCCCCCc1cccc(C(C)(C)Cl)c1. The van der Waals surface area contributed by atoms with Crippen LogP contribution < -0.4 is 0 Å². The van der Waals surface area contributed by atoms with Gasteiger partial charge in [0.1, 0.15) is 0 Å². The highest BCUT2D eigenvalue weighted by molar-refractivity contribution is 6.23. The molecule has 0 amide bonds. The summed E-state index contributed by atoms with van der Waals surface area (Å²) in [6.07, 6.45) is 18.1. The van der Waals surface area contributed by atoms with E-state index in [1.807, 2.05) is 0 Å². The molecule has 0 aliphatic heterocycles. The Morgan fingerprint density at radius 1 is 0.750 bits per heavy atom. The molecule has 0 saturated heterocycles. The molecule has 0 fully saturated rings. The molecule has 0 saturated carbocycles. The molecule has 0 aliphatic rings. The fraction of sp³-hybridized carbons (Fsp3) is 0.739. The number of benzene rings is 1. The van der Waals surface area contributed by atoms with E-state index < -0.39 is 0 Å². The Hall–Kier alpha value is -0.490. The first-order chi connectivity index (χ1) is 11.5. The molecule has 0 aliphatic carbocycles. The standard InChI is InChI=1S/C23H39Cl/c1-4-5-6-7-8-9-10-11-12-13-14-15-17-21-18-16-19-22(20-21)23(2,3)24/h16,18-20H,4-15,17H2,1-3H3. The molecule has 0 aromatic heterocycles. The maximum Gasteiger partial charge on any atom is 0.0638 e. The first-order valence-electron chi connectivity index (χ1n) is 10.3. The lowest BCUT2D eigenvalue weighted by Gasteiger charge is -2.17. The second kappa shape index (κ2) is 12.8. The van der Waals surface area contributed by atoms with Gasteiger partial charge in [0.05, 0.1) is 4.87 Å². The van der Waals surface area contributed by atoms with Crippen molar-refractivity contribution in [1.29, 1.82) is 0 Å². The van der Waals surface area contributed by atoms with Crippen molar-refractivity contribution in [3.8, 4) is 0 Å². The lowest BCUT2D eigenvalue weighted by atomic mass is 9.97. The van der Waals surface area contributed by atoms with E-state index in [0.717, 1.165) is 0 Å². The normalized spacial score (nSPS) is 11.8. The molecule has 0 unspecified atom stereocenters. The third-order valence-corrected chi connectivity index (χ3v) is 5.15. The van der Waals surface area contributed by atoms with Gasteiger partial charge in [0.2, 0.25) is 0 Å². The van der Waals surface area contributed by atoms with Crippen LogP contribution in [0.15, 0.2) is 24.3 Å². The molecular formula is C23H39Cl. The summed E-state index contributed by atoms with van der Waals surface area (Å²) in [6.45, 7) is 6.42. The highest BCUT2D eigenvalue weighted by Gasteiger charge is 2.16. The maximum atomic E-state index is 6.41. The predicted octanol–water partition coefficient (Wildman–Crippen LogP) is 8.40. The summed E-state index contributed by atoms with van der Waals surface area (Å²) in [7, 11) is 0. The third-order valence-electron chi connectivity index (χ3n) is 4.93. The Morgan fingerprint density at radius 2 is 1.25 bits per heavy atom. The number of halogens is 1. The lowest BCUT2D eigenvalue weighted by Crippen LogP contribution is -2.07. The Bertz CT molecular complexity index is 416. The fourth-order valence-electron chi connectivity index (χ4n) is 3.27. The van der Waals surface area contributed by atoms with Gasteiger partial charge < -0.3 is 0 Å². The number of hydrogen-bond donors (Lipinski definition) is 0.